The average Bonchev–Trinajstić information content (AvgIpc) is 2.53. The Labute approximate surface area is 137 Å². The van der Waals surface area contributed by atoms with Crippen molar-refractivity contribution in [3.05, 3.63) is 29.8 Å². The summed E-state index contributed by atoms with van der Waals surface area (Å²) < 4.78 is 36.5. The predicted molar refractivity (Wildman–Crippen MR) is 86.8 cm³/mol. The van der Waals surface area contributed by atoms with Crippen LogP contribution in [0.5, 0.6) is 5.75 Å². The largest absolute Gasteiger partial charge is 0.497 e. The van der Waals surface area contributed by atoms with E-state index >= 15 is 0 Å². The summed E-state index contributed by atoms with van der Waals surface area (Å²) in [6.07, 6.45) is 2.94. The minimum absolute atomic E-state index is 0.122. The number of nitrogens with one attached hydrogen (secondary N) is 1. The van der Waals surface area contributed by atoms with Gasteiger partial charge in [-0.3, -0.25) is 9.52 Å². The van der Waals surface area contributed by atoms with E-state index < -0.39 is 15.9 Å². The molecule has 1 fully saturated rings. The first-order valence-corrected chi connectivity index (χ1v) is 9.41. The number of sulfonamides is 1. The predicted octanol–water partition coefficient (Wildman–Crippen LogP) is 1.64. The molecular weight excluding hydrogens is 318 g/mol. The summed E-state index contributed by atoms with van der Waals surface area (Å²) in [5.74, 6) is 0.103. The highest BCUT2D eigenvalue weighted by Crippen LogP contribution is 2.15. The lowest BCUT2D eigenvalue weighted by Gasteiger charge is -2.22. The second kappa shape index (κ2) is 8.31. The number of carbonyl (C=O) groups excluding carboxylic acids is 1. The first-order chi connectivity index (χ1) is 11.0. The number of hydrogen-bond acceptors (Lipinski definition) is 5. The number of amides is 1. The highest BCUT2D eigenvalue weighted by atomic mass is 32.2. The van der Waals surface area contributed by atoms with Crippen molar-refractivity contribution in [3.63, 3.8) is 0 Å². The normalized spacial score (nSPS) is 18.4. The van der Waals surface area contributed by atoms with Crippen LogP contribution in [0.1, 0.15) is 31.2 Å². The van der Waals surface area contributed by atoms with Crippen molar-refractivity contribution in [3.8, 4) is 5.75 Å². The number of methoxy groups -OCH3 is 1. The third kappa shape index (κ3) is 6.19. The Morgan fingerprint density at radius 1 is 1.30 bits per heavy atom. The van der Waals surface area contributed by atoms with E-state index in [1.807, 2.05) is 24.3 Å². The molecule has 0 saturated carbocycles. The molecule has 2 rings (SSSR count). The highest BCUT2D eigenvalue weighted by molar-refractivity contribution is 7.90. The monoisotopic (exact) mass is 341 g/mol. The second-order valence-electron chi connectivity index (χ2n) is 5.64. The average molecular weight is 341 g/mol. The molecule has 6 nitrogen and oxygen atoms in total. The minimum atomic E-state index is -3.64. The summed E-state index contributed by atoms with van der Waals surface area (Å²) in [5.41, 5.74) is 0.953. The van der Waals surface area contributed by atoms with E-state index in [-0.39, 0.29) is 18.3 Å². The Morgan fingerprint density at radius 2 is 2.04 bits per heavy atom. The first-order valence-electron chi connectivity index (χ1n) is 7.76. The number of rotatable bonds is 7. The lowest BCUT2D eigenvalue weighted by atomic mass is 10.1. The van der Waals surface area contributed by atoms with Crippen LogP contribution >= 0.6 is 0 Å². The maximum absolute atomic E-state index is 12.0. The Morgan fingerprint density at radius 3 is 2.65 bits per heavy atom. The topological polar surface area (TPSA) is 81.7 Å². The van der Waals surface area contributed by atoms with E-state index in [0.29, 0.717) is 13.0 Å². The third-order valence-electron chi connectivity index (χ3n) is 3.75. The van der Waals surface area contributed by atoms with Gasteiger partial charge in [0.1, 0.15) is 5.75 Å². The summed E-state index contributed by atoms with van der Waals surface area (Å²) in [7, 11) is -2.05. The third-order valence-corrected chi connectivity index (χ3v) is 5.10. The molecule has 1 aliphatic rings. The number of hydrogen-bond donors (Lipinski definition) is 1. The van der Waals surface area contributed by atoms with E-state index in [1.165, 1.54) is 0 Å². The molecule has 1 aromatic rings. The lowest BCUT2D eigenvalue weighted by Crippen LogP contribution is -2.38. The molecule has 0 spiro atoms. The first kappa shape index (κ1) is 17.7. The molecular formula is C16H23NO5S. The fraction of sp³-hybridized carbons (Fsp3) is 0.562. The van der Waals surface area contributed by atoms with Gasteiger partial charge in [-0.05, 0) is 43.4 Å². The maximum Gasteiger partial charge on any atom is 0.237 e. The van der Waals surface area contributed by atoms with Crippen LogP contribution in [0.15, 0.2) is 24.3 Å². The van der Waals surface area contributed by atoms with Gasteiger partial charge in [-0.15, -0.1) is 0 Å². The SMILES string of the molecule is COc1ccc(CCC(=O)NS(=O)(=O)CC2CCCCO2)cc1. The summed E-state index contributed by atoms with van der Waals surface area (Å²) >= 11 is 0. The molecule has 1 saturated heterocycles. The van der Waals surface area contributed by atoms with Crippen LogP contribution in [0.3, 0.4) is 0 Å². The van der Waals surface area contributed by atoms with Gasteiger partial charge < -0.3 is 9.47 Å². The Hall–Kier alpha value is -1.60. The Balaban J connectivity index is 1.78. The zero-order valence-corrected chi connectivity index (χ0v) is 14.1. The van der Waals surface area contributed by atoms with Crippen molar-refractivity contribution in [1.82, 2.24) is 4.72 Å². The molecule has 1 atom stereocenters. The van der Waals surface area contributed by atoms with E-state index in [0.717, 1.165) is 30.6 Å². The molecule has 0 aliphatic carbocycles. The van der Waals surface area contributed by atoms with Crippen molar-refractivity contribution < 1.29 is 22.7 Å². The van der Waals surface area contributed by atoms with Gasteiger partial charge in [-0.25, -0.2) is 8.42 Å². The molecule has 0 radical (unpaired) electrons. The molecule has 1 N–H and O–H groups in total. The molecule has 1 amide bonds. The second-order valence-corrected chi connectivity index (χ2v) is 7.41. The molecule has 23 heavy (non-hydrogen) atoms. The van der Waals surface area contributed by atoms with Crippen molar-refractivity contribution in [2.75, 3.05) is 19.5 Å². The summed E-state index contributed by atoms with van der Waals surface area (Å²) in [6, 6.07) is 7.34. The minimum Gasteiger partial charge on any atom is -0.497 e. The van der Waals surface area contributed by atoms with E-state index in [4.69, 9.17) is 9.47 Å². The molecule has 1 aromatic carbocycles. The van der Waals surface area contributed by atoms with Crippen LogP contribution in [-0.4, -0.2) is 39.9 Å². The molecule has 1 heterocycles. The Bertz CT molecular complexity index is 606. The van der Waals surface area contributed by atoms with Gasteiger partial charge in [0.05, 0.1) is 19.0 Å². The fourth-order valence-corrected chi connectivity index (χ4v) is 3.78. The van der Waals surface area contributed by atoms with Crippen molar-refractivity contribution >= 4 is 15.9 Å². The van der Waals surface area contributed by atoms with Crippen LogP contribution in [0.25, 0.3) is 0 Å². The number of aryl methyl sites for hydroxylation is 1. The molecule has 128 valence electrons. The zero-order valence-electron chi connectivity index (χ0n) is 13.3. The Kier molecular flexibility index (Phi) is 6.41. The van der Waals surface area contributed by atoms with Crippen LogP contribution in [0, 0.1) is 0 Å². The molecule has 7 heteroatoms. The van der Waals surface area contributed by atoms with Crippen LogP contribution in [0.2, 0.25) is 0 Å². The van der Waals surface area contributed by atoms with Gasteiger partial charge in [0.25, 0.3) is 0 Å². The van der Waals surface area contributed by atoms with Crippen LogP contribution in [-0.2, 0) is 26.0 Å². The maximum atomic E-state index is 12.0. The highest BCUT2D eigenvalue weighted by Gasteiger charge is 2.23. The van der Waals surface area contributed by atoms with Gasteiger partial charge in [-0.1, -0.05) is 12.1 Å². The molecule has 1 unspecified atom stereocenters. The smallest absolute Gasteiger partial charge is 0.237 e. The van der Waals surface area contributed by atoms with E-state index in [1.54, 1.807) is 7.11 Å². The molecule has 1 aliphatic heterocycles. The van der Waals surface area contributed by atoms with Gasteiger partial charge in [0.2, 0.25) is 15.9 Å². The molecule has 0 bridgehead atoms. The van der Waals surface area contributed by atoms with E-state index in [2.05, 4.69) is 4.72 Å². The summed E-state index contributed by atoms with van der Waals surface area (Å²) in [6.45, 7) is 0.589. The fourth-order valence-electron chi connectivity index (χ4n) is 2.50. The van der Waals surface area contributed by atoms with Crippen LogP contribution in [0.4, 0.5) is 0 Å². The summed E-state index contributed by atoms with van der Waals surface area (Å²) in [4.78, 5) is 11.8. The standard InChI is InChI=1S/C16H23NO5S/c1-21-14-8-5-13(6-9-14)7-10-16(18)17-23(19,20)12-15-4-2-3-11-22-15/h5-6,8-9,15H,2-4,7,10-12H2,1H3,(H,17,18). The zero-order chi connectivity index (χ0) is 16.7. The number of carbonyl (C=O) groups is 1. The molecule has 0 aromatic heterocycles. The van der Waals surface area contributed by atoms with Crippen molar-refractivity contribution in [2.45, 2.75) is 38.2 Å². The number of ether oxygens (including phenoxy) is 2. The van der Waals surface area contributed by atoms with Gasteiger partial charge >= 0.3 is 0 Å². The van der Waals surface area contributed by atoms with Crippen molar-refractivity contribution in [1.29, 1.82) is 0 Å². The van der Waals surface area contributed by atoms with Gasteiger partial charge in [-0.2, -0.15) is 0 Å². The summed E-state index contributed by atoms with van der Waals surface area (Å²) in [5, 5.41) is 0. The van der Waals surface area contributed by atoms with E-state index in [9.17, 15) is 13.2 Å². The van der Waals surface area contributed by atoms with Crippen molar-refractivity contribution in [2.24, 2.45) is 0 Å². The number of benzene rings is 1. The lowest BCUT2D eigenvalue weighted by molar-refractivity contribution is -0.119. The van der Waals surface area contributed by atoms with Gasteiger partial charge in [0.15, 0.2) is 0 Å². The van der Waals surface area contributed by atoms with Crippen LogP contribution < -0.4 is 9.46 Å². The van der Waals surface area contributed by atoms with Gasteiger partial charge in [0, 0.05) is 13.0 Å². The quantitative estimate of drug-likeness (QED) is 0.815.